The van der Waals surface area contributed by atoms with E-state index < -0.39 is 11.6 Å². The van der Waals surface area contributed by atoms with Crippen molar-refractivity contribution in [3.05, 3.63) is 65.0 Å². The smallest absolute Gasteiger partial charge is 0.133 e. The van der Waals surface area contributed by atoms with E-state index in [0.29, 0.717) is 11.6 Å². The van der Waals surface area contributed by atoms with Gasteiger partial charge in [0.2, 0.25) is 0 Å². The highest BCUT2D eigenvalue weighted by Crippen LogP contribution is 2.34. The van der Waals surface area contributed by atoms with Gasteiger partial charge in [0.15, 0.2) is 0 Å². The Balaban J connectivity index is 2.14. The molecule has 21 heavy (non-hydrogen) atoms. The Bertz CT molecular complexity index is 769. The van der Waals surface area contributed by atoms with Gasteiger partial charge in [-0.2, -0.15) is 0 Å². The van der Waals surface area contributed by atoms with Crippen molar-refractivity contribution in [1.82, 2.24) is 4.98 Å². The molecule has 0 radical (unpaired) electrons. The molecule has 0 unspecified atom stereocenters. The van der Waals surface area contributed by atoms with E-state index in [-0.39, 0.29) is 5.56 Å². The Labute approximate surface area is 124 Å². The second-order valence-corrected chi connectivity index (χ2v) is 5.57. The van der Waals surface area contributed by atoms with Crippen LogP contribution in [0.4, 0.5) is 8.78 Å². The van der Waals surface area contributed by atoms with Crippen LogP contribution in [0.3, 0.4) is 0 Å². The van der Waals surface area contributed by atoms with Gasteiger partial charge < -0.3 is 5.73 Å². The molecule has 2 N–H and O–H groups in total. The molecule has 5 heteroatoms. The molecule has 0 fully saturated rings. The number of benzene rings is 2. The van der Waals surface area contributed by atoms with E-state index in [1.165, 1.54) is 11.3 Å². The fraction of sp³-hybridized carbons (Fsp3) is 0.0625. The summed E-state index contributed by atoms with van der Waals surface area (Å²) in [7, 11) is 0. The molecule has 0 amide bonds. The fourth-order valence-corrected chi connectivity index (χ4v) is 3.07. The van der Waals surface area contributed by atoms with Gasteiger partial charge in [0.1, 0.15) is 16.6 Å². The summed E-state index contributed by atoms with van der Waals surface area (Å²) in [5.41, 5.74) is 7.55. The average Bonchev–Trinajstić information content (AvgIpc) is 2.94. The van der Waals surface area contributed by atoms with E-state index >= 15 is 0 Å². The van der Waals surface area contributed by atoms with Crippen LogP contribution in [0.15, 0.2) is 48.5 Å². The number of nitrogens with two attached hydrogens (primary N) is 1. The first-order valence-corrected chi connectivity index (χ1v) is 7.21. The van der Waals surface area contributed by atoms with Crippen molar-refractivity contribution < 1.29 is 8.78 Å². The maximum absolute atomic E-state index is 13.9. The van der Waals surface area contributed by atoms with E-state index in [0.717, 1.165) is 34.3 Å². The highest BCUT2D eigenvalue weighted by Gasteiger charge is 2.16. The van der Waals surface area contributed by atoms with Gasteiger partial charge >= 0.3 is 0 Å². The van der Waals surface area contributed by atoms with E-state index in [9.17, 15) is 8.78 Å². The summed E-state index contributed by atoms with van der Waals surface area (Å²) in [6.45, 7) is 0.304. The molecular weight excluding hydrogens is 290 g/mol. The quantitative estimate of drug-likeness (QED) is 0.787. The zero-order valence-electron chi connectivity index (χ0n) is 11.0. The molecule has 3 rings (SSSR count). The number of hydrogen-bond donors (Lipinski definition) is 1. The zero-order chi connectivity index (χ0) is 14.8. The molecule has 0 aliphatic carbocycles. The van der Waals surface area contributed by atoms with Gasteiger partial charge in [-0.25, -0.2) is 13.8 Å². The standard InChI is InChI=1S/C16H12F2N2S/c17-11-6-7-13(18)12(8-11)16-20-15(14(9-19)21-16)10-4-2-1-3-5-10/h1-8H,9,19H2. The molecule has 0 aliphatic rings. The Kier molecular flexibility index (Phi) is 3.77. The van der Waals surface area contributed by atoms with Crippen molar-refractivity contribution >= 4 is 11.3 Å². The van der Waals surface area contributed by atoms with Gasteiger partial charge in [0.25, 0.3) is 0 Å². The first-order chi connectivity index (χ1) is 10.2. The number of aromatic nitrogens is 1. The Morgan fingerprint density at radius 3 is 2.52 bits per heavy atom. The van der Waals surface area contributed by atoms with E-state index in [1.807, 2.05) is 30.3 Å². The minimum Gasteiger partial charge on any atom is -0.326 e. The molecule has 0 aliphatic heterocycles. The summed E-state index contributed by atoms with van der Waals surface area (Å²) >= 11 is 1.29. The minimum atomic E-state index is -0.492. The zero-order valence-corrected chi connectivity index (χ0v) is 11.8. The van der Waals surface area contributed by atoms with Crippen molar-refractivity contribution in [2.75, 3.05) is 0 Å². The van der Waals surface area contributed by atoms with Gasteiger partial charge in [-0.05, 0) is 18.2 Å². The van der Waals surface area contributed by atoms with E-state index in [1.54, 1.807) is 0 Å². The van der Waals surface area contributed by atoms with Crippen molar-refractivity contribution in [2.24, 2.45) is 5.73 Å². The number of hydrogen-bond acceptors (Lipinski definition) is 3. The lowest BCUT2D eigenvalue weighted by atomic mass is 10.1. The molecule has 2 nitrogen and oxygen atoms in total. The monoisotopic (exact) mass is 302 g/mol. The second kappa shape index (κ2) is 5.71. The number of thiazole rings is 1. The molecule has 0 saturated heterocycles. The first-order valence-electron chi connectivity index (χ1n) is 6.39. The van der Waals surface area contributed by atoms with Gasteiger partial charge in [-0.15, -0.1) is 11.3 Å². The van der Waals surface area contributed by atoms with Crippen molar-refractivity contribution in [3.8, 4) is 21.8 Å². The third-order valence-electron chi connectivity index (χ3n) is 3.09. The van der Waals surface area contributed by atoms with Gasteiger partial charge in [0, 0.05) is 22.5 Å². The number of nitrogens with zero attached hydrogens (tertiary/aromatic N) is 1. The molecule has 0 spiro atoms. The Morgan fingerprint density at radius 2 is 1.81 bits per heavy atom. The summed E-state index contributed by atoms with van der Waals surface area (Å²) in [5.74, 6) is -0.981. The highest BCUT2D eigenvalue weighted by atomic mass is 32.1. The van der Waals surface area contributed by atoms with Gasteiger partial charge in [0.05, 0.1) is 5.69 Å². The average molecular weight is 302 g/mol. The fourth-order valence-electron chi connectivity index (χ4n) is 2.09. The molecule has 2 aromatic carbocycles. The van der Waals surface area contributed by atoms with Crippen LogP contribution >= 0.6 is 11.3 Å². The molecule has 0 atom stereocenters. The molecule has 0 saturated carbocycles. The third kappa shape index (κ3) is 2.70. The molecule has 0 bridgehead atoms. The Morgan fingerprint density at radius 1 is 1.05 bits per heavy atom. The highest BCUT2D eigenvalue weighted by molar-refractivity contribution is 7.15. The lowest BCUT2D eigenvalue weighted by Crippen LogP contribution is -1.95. The lowest BCUT2D eigenvalue weighted by molar-refractivity contribution is 0.603. The maximum atomic E-state index is 13.9. The van der Waals surface area contributed by atoms with Crippen LogP contribution in [0, 0.1) is 11.6 Å². The van der Waals surface area contributed by atoms with Gasteiger partial charge in [-0.1, -0.05) is 30.3 Å². The van der Waals surface area contributed by atoms with Crippen molar-refractivity contribution in [3.63, 3.8) is 0 Å². The summed E-state index contributed by atoms with van der Waals surface area (Å²) < 4.78 is 27.2. The normalized spacial score (nSPS) is 10.8. The van der Waals surface area contributed by atoms with Crippen LogP contribution in [0.5, 0.6) is 0 Å². The molecule has 3 aromatic rings. The second-order valence-electron chi connectivity index (χ2n) is 4.49. The van der Waals surface area contributed by atoms with Gasteiger partial charge in [-0.3, -0.25) is 0 Å². The van der Waals surface area contributed by atoms with Crippen LogP contribution in [-0.4, -0.2) is 4.98 Å². The molecule has 106 valence electrons. The predicted molar refractivity (Wildman–Crippen MR) is 80.8 cm³/mol. The first kappa shape index (κ1) is 13.9. The van der Waals surface area contributed by atoms with Crippen LogP contribution < -0.4 is 5.73 Å². The molecular formula is C16H12F2N2S. The van der Waals surface area contributed by atoms with Crippen LogP contribution in [0.2, 0.25) is 0 Å². The third-order valence-corrected chi connectivity index (χ3v) is 4.20. The van der Waals surface area contributed by atoms with Crippen LogP contribution in [0.1, 0.15) is 4.88 Å². The SMILES string of the molecule is NCc1sc(-c2cc(F)ccc2F)nc1-c1ccccc1. The summed E-state index contributed by atoms with van der Waals surface area (Å²) in [4.78, 5) is 5.30. The predicted octanol–water partition coefficient (Wildman–Crippen LogP) is 4.21. The lowest BCUT2D eigenvalue weighted by Gasteiger charge is -1.99. The summed E-state index contributed by atoms with van der Waals surface area (Å²) in [5, 5.41) is 0.436. The van der Waals surface area contributed by atoms with Crippen LogP contribution in [0.25, 0.3) is 21.8 Å². The minimum absolute atomic E-state index is 0.164. The molecule has 1 heterocycles. The largest absolute Gasteiger partial charge is 0.326 e. The summed E-state index contributed by atoms with van der Waals surface area (Å²) in [6, 6.07) is 12.9. The van der Waals surface area contributed by atoms with Crippen LogP contribution in [-0.2, 0) is 6.54 Å². The maximum Gasteiger partial charge on any atom is 0.133 e. The van der Waals surface area contributed by atoms with Crippen molar-refractivity contribution in [2.45, 2.75) is 6.54 Å². The molecule has 1 aromatic heterocycles. The summed E-state index contributed by atoms with van der Waals surface area (Å²) in [6.07, 6.45) is 0. The number of rotatable bonds is 3. The Hall–Kier alpha value is -2.11. The van der Waals surface area contributed by atoms with E-state index in [2.05, 4.69) is 4.98 Å². The topological polar surface area (TPSA) is 38.9 Å². The van der Waals surface area contributed by atoms with Crippen molar-refractivity contribution in [1.29, 1.82) is 0 Å². The number of halogens is 2. The van der Waals surface area contributed by atoms with E-state index in [4.69, 9.17) is 5.73 Å².